The summed E-state index contributed by atoms with van der Waals surface area (Å²) in [7, 11) is 0. The molecular weight excluding hydrogens is 364 g/mol. The molecule has 134 valence electrons. The van der Waals surface area contributed by atoms with Crippen LogP contribution in [0.1, 0.15) is 24.5 Å². The molecule has 0 radical (unpaired) electrons. The molecule has 1 aliphatic carbocycles. The summed E-state index contributed by atoms with van der Waals surface area (Å²) in [5, 5.41) is 14.4. The van der Waals surface area contributed by atoms with E-state index >= 15 is 0 Å². The SMILES string of the molecule is CCn1c(SCC(=O)Nc2ccc3c(c2)CCC3)nnc1-c1cccs1. The van der Waals surface area contributed by atoms with Gasteiger partial charge < -0.3 is 9.88 Å². The quantitative estimate of drug-likeness (QED) is 0.646. The molecule has 0 bridgehead atoms. The lowest BCUT2D eigenvalue weighted by Gasteiger charge is -2.08. The molecule has 0 unspecified atom stereocenters. The fraction of sp³-hybridized carbons (Fsp3) is 0.316. The summed E-state index contributed by atoms with van der Waals surface area (Å²) in [6.45, 7) is 2.84. The van der Waals surface area contributed by atoms with Gasteiger partial charge in [-0.05, 0) is 60.9 Å². The van der Waals surface area contributed by atoms with Crippen LogP contribution in [-0.2, 0) is 24.2 Å². The van der Waals surface area contributed by atoms with Crippen LogP contribution in [0.4, 0.5) is 5.69 Å². The summed E-state index contributed by atoms with van der Waals surface area (Å²) in [4.78, 5) is 13.4. The largest absolute Gasteiger partial charge is 0.325 e. The van der Waals surface area contributed by atoms with Gasteiger partial charge in [0.1, 0.15) is 0 Å². The smallest absolute Gasteiger partial charge is 0.234 e. The third-order valence-electron chi connectivity index (χ3n) is 4.49. The van der Waals surface area contributed by atoms with Gasteiger partial charge in [-0.25, -0.2) is 0 Å². The summed E-state index contributed by atoms with van der Waals surface area (Å²) in [6, 6.07) is 10.3. The molecule has 0 fully saturated rings. The second-order valence-corrected chi connectivity index (χ2v) is 8.09. The third kappa shape index (κ3) is 3.54. The molecule has 2 heterocycles. The third-order valence-corrected chi connectivity index (χ3v) is 6.32. The first-order valence-electron chi connectivity index (χ1n) is 8.76. The average Bonchev–Trinajstić information content (AvgIpc) is 3.38. The number of anilines is 1. The van der Waals surface area contributed by atoms with Gasteiger partial charge in [0.25, 0.3) is 0 Å². The van der Waals surface area contributed by atoms with Crippen LogP contribution in [0.25, 0.3) is 10.7 Å². The van der Waals surface area contributed by atoms with E-state index < -0.39 is 0 Å². The topological polar surface area (TPSA) is 59.8 Å². The Kier molecular flexibility index (Phi) is 5.08. The van der Waals surface area contributed by atoms with Crippen molar-refractivity contribution in [1.82, 2.24) is 14.8 Å². The van der Waals surface area contributed by atoms with Crippen molar-refractivity contribution >= 4 is 34.7 Å². The zero-order chi connectivity index (χ0) is 17.9. The molecule has 1 amide bonds. The first-order chi connectivity index (χ1) is 12.7. The maximum absolute atomic E-state index is 12.3. The fourth-order valence-electron chi connectivity index (χ4n) is 3.25. The number of hydrogen-bond acceptors (Lipinski definition) is 5. The number of hydrogen-bond donors (Lipinski definition) is 1. The second kappa shape index (κ2) is 7.63. The number of nitrogens with zero attached hydrogens (tertiary/aromatic N) is 3. The van der Waals surface area contributed by atoms with E-state index in [-0.39, 0.29) is 5.91 Å². The molecule has 7 heteroatoms. The van der Waals surface area contributed by atoms with E-state index in [4.69, 9.17) is 0 Å². The van der Waals surface area contributed by atoms with Gasteiger partial charge in [0.15, 0.2) is 11.0 Å². The van der Waals surface area contributed by atoms with Gasteiger partial charge in [0.05, 0.1) is 10.6 Å². The zero-order valence-electron chi connectivity index (χ0n) is 14.6. The van der Waals surface area contributed by atoms with Crippen LogP contribution in [0.3, 0.4) is 0 Å². The number of thioether (sulfide) groups is 1. The minimum absolute atomic E-state index is 0.0173. The molecule has 0 saturated heterocycles. The van der Waals surface area contributed by atoms with Crippen molar-refractivity contribution in [3.8, 4) is 10.7 Å². The van der Waals surface area contributed by atoms with E-state index in [0.29, 0.717) is 5.75 Å². The number of thiophene rings is 1. The Bertz CT molecular complexity index is 918. The van der Waals surface area contributed by atoms with Gasteiger partial charge in [0, 0.05) is 12.2 Å². The van der Waals surface area contributed by atoms with Crippen molar-refractivity contribution in [1.29, 1.82) is 0 Å². The summed E-state index contributed by atoms with van der Waals surface area (Å²) in [6.07, 6.45) is 3.47. The van der Waals surface area contributed by atoms with Gasteiger partial charge in [0.2, 0.25) is 5.91 Å². The van der Waals surface area contributed by atoms with Gasteiger partial charge in [-0.1, -0.05) is 23.9 Å². The van der Waals surface area contributed by atoms with Crippen molar-refractivity contribution in [2.75, 3.05) is 11.1 Å². The number of fused-ring (bicyclic) bond motifs is 1. The van der Waals surface area contributed by atoms with E-state index in [1.54, 1.807) is 11.3 Å². The minimum atomic E-state index is -0.0173. The summed E-state index contributed by atoms with van der Waals surface area (Å²) >= 11 is 3.07. The van der Waals surface area contributed by atoms with Crippen LogP contribution in [-0.4, -0.2) is 26.4 Å². The Labute approximate surface area is 160 Å². The molecule has 1 N–H and O–H groups in total. The number of nitrogens with one attached hydrogen (secondary N) is 1. The number of aryl methyl sites for hydroxylation is 2. The molecule has 0 saturated carbocycles. The number of aromatic nitrogens is 3. The summed E-state index contributed by atoms with van der Waals surface area (Å²) in [5.74, 6) is 1.17. The predicted molar refractivity (Wildman–Crippen MR) is 107 cm³/mol. The van der Waals surface area contributed by atoms with Crippen LogP contribution in [0.2, 0.25) is 0 Å². The first kappa shape index (κ1) is 17.3. The van der Waals surface area contributed by atoms with Crippen LogP contribution in [0, 0.1) is 0 Å². The van der Waals surface area contributed by atoms with Crippen LogP contribution < -0.4 is 5.32 Å². The van der Waals surface area contributed by atoms with Gasteiger partial charge >= 0.3 is 0 Å². The van der Waals surface area contributed by atoms with Gasteiger partial charge in [-0.3, -0.25) is 4.79 Å². The Balaban J connectivity index is 1.40. The van der Waals surface area contributed by atoms with Crippen molar-refractivity contribution in [2.24, 2.45) is 0 Å². The molecule has 1 aliphatic rings. The minimum Gasteiger partial charge on any atom is -0.325 e. The molecule has 0 aliphatic heterocycles. The molecule has 2 aromatic heterocycles. The maximum Gasteiger partial charge on any atom is 0.234 e. The maximum atomic E-state index is 12.3. The van der Waals surface area contributed by atoms with Crippen LogP contribution in [0.5, 0.6) is 0 Å². The van der Waals surface area contributed by atoms with E-state index in [1.807, 2.05) is 23.6 Å². The monoisotopic (exact) mass is 384 g/mol. The molecule has 26 heavy (non-hydrogen) atoms. The van der Waals surface area contributed by atoms with Crippen LogP contribution >= 0.6 is 23.1 Å². The average molecular weight is 385 g/mol. The molecule has 0 atom stereocenters. The normalized spacial score (nSPS) is 13.0. The molecule has 4 rings (SSSR count). The van der Waals surface area contributed by atoms with E-state index in [1.165, 1.54) is 29.3 Å². The van der Waals surface area contributed by atoms with Crippen molar-refractivity contribution in [3.05, 3.63) is 46.8 Å². The standard InChI is InChI=1S/C19H20N4OS2/c1-2-23-18(16-7-4-10-25-16)21-22-19(23)26-12-17(24)20-15-9-8-13-5-3-6-14(13)11-15/h4,7-11H,2-3,5-6,12H2,1H3,(H,20,24). The van der Waals surface area contributed by atoms with Crippen LogP contribution in [0.15, 0.2) is 40.9 Å². The highest BCUT2D eigenvalue weighted by atomic mass is 32.2. The van der Waals surface area contributed by atoms with Crippen molar-refractivity contribution < 1.29 is 4.79 Å². The van der Waals surface area contributed by atoms with Crippen molar-refractivity contribution in [2.45, 2.75) is 37.9 Å². The lowest BCUT2D eigenvalue weighted by molar-refractivity contribution is -0.113. The number of amides is 1. The van der Waals surface area contributed by atoms with Crippen molar-refractivity contribution in [3.63, 3.8) is 0 Å². The fourth-order valence-corrected chi connectivity index (χ4v) is 4.76. The van der Waals surface area contributed by atoms with E-state index in [9.17, 15) is 4.79 Å². The lowest BCUT2D eigenvalue weighted by atomic mass is 10.1. The number of carbonyl (C=O) groups is 1. The zero-order valence-corrected chi connectivity index (χ0v) is 16.2. The molecule has 5 nitrogen and oxygen atoms in total. The summed E-state index contributed by atoms with van der Waals surface area (Å²) < 4.78 is 2.05. The van der Waals surface area contributed by atoms with E-state index in [2.05, 4.69) is 39.1 Å². The lowest BCUT2D eigenvalue weighted by Crippen LogP contribution is -2.14. The Morgan fingerprint density at radius 3 is 2.96 bits per heavy atom. The predicted octanol–water partition coefficient (Wildman–Crippen LogP) is 4.25. The van der Waals surface area contributed by atoms with Gasteiger partial charge in [-0.15, -0.1) is 21.5 Å². The molecule has 1 aromatic carbocycles. The van der Waals surface area contributed by atoms with Gasteiger partial charge in [-0.2, -0.15) is 0 Å². The number of carbonyl (C=O) groups excluding carboxylic acids is 1. The first-order valence-corrected chi connectivity index (χ1v) is 10.6. The Morgan fingerprint density at radius 1 is 1.27 bits per heavy atom. The second-order valence-electron chi connectivity index (χ2n) is 6.20. The highest BCUT2D eigenvalue weighted by Gasteiger charge is 2.16. The highest BCUT2D eigenvalue weighted by molar-refractivity contribution is 7.99. The number of benzene rings is 1. The molecular formula is C19H20N4OS2. The number of rotatable bonds is 6. The Morgan fingerprint density at radius 2 is 2.15 bits per heavy atom. The molecule has 3 aromatic rings. The highest BCUT2D eigenvalue weighted by Crippen LogP contribution is 2.28. The summed E-state index contributed by atoms with van der Waals surface area (Å²) in [5.41, 5.74) is 3.66. The van der Waals surface area contributed by atoms with E-state index in [0.717, 1.165) is 40.9 Å². The Hall–Kier alpha value is -2.12. The molecule has 0 spiro atoms.